The highest BCUT2D eigenvalue weighted by molar-refractivity contribution is 9.10. The van der Waals surface area contributed by atoms with Crippen molar-refractivity contribution in [3.63, 3.8) is 0 Å². The van der Waals surface area contributed by atoms with Gasteiger partial charge in [-0.2, -0.15) is 0 Å². The van der Waals surface area contributed by atoms with E-state index >= 15 is 0 Å². The fourth-order valence-electron chi connectivity index (χ4n) is 2.44. The molecular formula is C20H18BrN3OS. The van der Waals surface area contributed by atoms with Crippen LogP contribution in [0.4, 0.5) is 0 Å². The molecule has 2 aromatic carbocycles. The van der Waals surface area contributed by atoms with Crippen LogP contribution in [-0.4, -0.2) is 10.5 Å². The largest absolute Gasteiger partial charge is 0.311 e. The number of nitrogens with one attached hydrogen (secondary N) is 1. The van der Waals surface area contributed by atoms with Gasteiger partial charge in [-0.15, -0.1) is 23.0 Å². The summed E-state index contributed by atoms with van der Waals surface area (Å²) in [6.07, 6.45) is 1.82. The molecule has 0 fully saturated rings. The lowest BCUT2D eigenvalue weighted by Crippen LogP contribution is -2.24. The van der Waals surface area contributed by atoms with Crippen LogP contribution in [0.15, 0.2) is 76.1 Å². The third-order valence-corrected chi connectivity index (χ3v) is 5.21. The van der Waals surface area contributed by atoms with Gasteiger partial charge >= 0.3 is 0 Å². The van der Waals surface area contributed by atoms with E-state index in [0.29, 0.717) is 16.9 Å². The summed E-state index contributed by atoms with van der Waals surface area (Å²) in [6, 6.07) is 15.5. The molecular weight excluding hydrogens is 410 g/mol. The molecule has 1 aromatic heterocycles. The summed E-state index contributed by atoms with van der Waals surface area (Å²) in [7, 11) is 0. The van der Waals surface area contributed by atoms with Crippen LogP contribution in [0.25, 0.3) is 11.3 Å². The summed E-state index contributed by atoms with van der Waals surface area (Å²) in [4.78, 5) is 13.0. The molecule has 0 aliphatic heterocycles. The van der Waals surface area contributed by atoms with Crippen LogP contribution in [0.1, 0.15) is 15.9 Å². The number of aryl methyl sites for hydroxylation is 1. The van der Waals surface area contributed by atoms with E-state index in [9.17, 15) is 4.79 Å². The fourth-order valence-corrected chi connectivity index (χ4v) is 3.59. The average molecular weight is 428 g/mol. The normalized spacial score (nSPS) is 11.4. The zero-order valence-corrected chi connectivity index (χ0v) is 16.7. The van der Waals surface area contributed by atoms with Crippen molar-refractivity contribution in [1.82, 2.24) is 9.99 Å². The van der Waals surface area contributed by atoms with Crippen molar-refractivity contribution >= 4 is 33.2 Å². The molecule has 1 heterocycles. The van der Waals surface area contributed by atoms with Crippen molar-refractivity contribution in [3.05, 3.63) is 87.0 Å². The smallest absolute Gasteiger partial charge is 0.271 e. The van der Waals surface area contributed by atoms with Crippen molar-refractivity contribution < 1.29 is 4.79 Å². The van der Waals surface area contributed by atoms with Crippen molar-refractivity contribution in [1.29, 1.82) is 0 Å². The van der Waals surface area contributed by atoms with Gasteiger partial charge in [-0.25, -0.2) is 5.43 Å². The first kappa shape index (κ1) is 18.4. The monoisotopic (exact) mass is 427 g/mol. The molecule has 6 heteroatoms. The standard InChI is InChI=1S/C20H18BrN3OS/c1-3-12-24-18(15-8-10-17(21)11-9-15)13-26-20(24)23-22-19(25)16-6-4-14(2)5-7-16/h3-11,13H,1,12H2,2H3,(H,22,25)/b23-20+. The molecule has 0 atom stereocenters. The van der Waals surface area contributed by atoms with E-state index in [1.807, 2.05) is 59.3 Å². The Bertz CT molecular complexity index is 985. The van der Waals surface area contributed by atoms with Crippen LogP contribution < -0.4 is 10.2 Å². The molecule has 0 saturated heterocycles. The quantitative estimate of drug-likeness (QED) is 0.464. The number of aromatic nitrogens is 1. The van der Waals surface area contributed by atoms with E-state index in [0.717, 1.165) is 21.3 Å². The second-order valence-corrected chi connectivity index (χ2v) is 7.48. The third-order valence-electron chi connectivity index (χ3n) is 3.82. The first-order valence-corrected chi connectivity index (χ1v) is 9.71. The molecule has 0 bridgehead atoms. The first-order valence-electron chi connectivity index (χ1n) is 8.04. The van der Waals surface area contributed by atoms with E-state index < -0.39 is 0 Å². The van der Waals surface area contributed by atoms with E-state index in [1.54, 1.807) is 12.1 Å². The van der Waals surface area contributed by atoms with Crippen LogP contribution in [0.5, 0.6) is 0 Å². The molecule has 1 amide bonds. The van der Waals surface area contributed by atoms with Gasteiger partial charge < -0.3 is 4.57 Å². The fraction of sp³-hybridized carbons (Fsp3) is 0.100. The number of carbonyl (C=O) groups excluding carboxylic acids is 1. The lowest BCUT2D eigenvalue weighted by atomic mass is 10.1. The number of rotatable bonds is 5. The number of halogens is 1. The molecule has 3 rings (SSSR count). The number of nitrogens with zero attached hydrogens (tertiary/aromatic N) is 2. The number of carbonyl (C=O) groups is 1. The highest BCUT2D eigenvalue weighted by Gasteiger charge is 2.08. The van der Waals surface area contributed by atoms with Gasteiger partial charge in [0.05, 0.1) is 5.69 Å². The van der Waals surface area contributed by atoms with Crippen molar-refractivity contribution in [2.24, 2.45) is 5.10 Å². The van der Waals surface area contributed by atoms with Crippen LogP contribution >= 0.6 is 27.3 Å². The Balaban J connectivity index is 1.90. The highest BCUT2D eigenvalue weighted by Crippen LogP contribution is 2.22. The first-order chi connectivity index (χ1) is 12.6. The number of hydrogen-bond acceptors (Lipinski definition) is 3. The number of hydrogen-bond donors (Lipinski definition) is 1. The Morgan fingerprint density at radius 3 is 2.58 bits per heavy atom. The zero-order valence-electron chi connectivity index (χ0n) is 14.3. The summed E-state index contributed by atoms with van der Waals surface area (Å²) in [5.41, 5.74) is 6.45. The molecule has 26 heavy (non-hydrogen) atoms. The van der Waals surface area contributed by atoms with Crippen LogP contribution in [0.3, 0.4) is 0 Å². The van der Waals surface area contributed by atoms with Crippen molar-refractivity contribution in [2.45, 2.75) is 13.5 Å². The summed E-state index contributed by atoms with van der Waals surface area (Å²) in [5, 5.41) is 6.34. The van der Waals surface area contributed by atoms with Gasteiger partial charge in [-0.1, -0.05) is 51.8 Å². The SMILES string of the molecule is C=CCn1c(-c2ccc(Br)cc2)cs/c1=N/NC(=O)c1ccc(C)cc1. The van der Waals surface area contributed by atoms with Crippen molar-refractivity contribution in [3.8, 4) is 11.3 Å². The van der Waals surface area contributed by atoms with E-state index in [4.69, 9.17) is 0 Å². The molecule has 1 N–H and O–H groups in total. The van der Waals surface area contributed by atoms with Crippen LogP contribution in [0.2, 0.25) is 0 Å². The molecule has 4 nitrogen and oxygen atoms in total. The molecule has 0 spiro atoms. The van der Waals surface area contributed by atoms with Gasteiger partial charge in [-0.3, -0.25) is 4.79 Å². The molecule has 132 valence electrons. The topological polar surface area (TPSA) is 46.4 Å². The lowest BCUT2D eigenvalue weighted by Gasteiger charge is -2.07. The Hall–Kier alpha value is -2.44. The molecule has 0 radical (unpaired) electrons. The van der Waals surface area contributed by atoms with Crippen LogP contribution in [-0.2, 0) is 6.54 Å². The maximum Gasteiger partial charge on any atom is 0.271 e. The zero-order chi connectivity index (χ0) is 18.5. The highest BCUT2D eigenvalue weighted by atomic mass is 79.9. The van der Waals surface area contributed by atoms with Crippen LogP contribution in [0, 0.1) is 6.92 Å². The molecule has 0 saturated carbocycles. The van der Waals surface area contributed by atoms with Gasteiger partial charge in [0.1, 0.15) is 0 Å². The number of amides is 1. The minimum atomic E-state index is -0.228. The van der Waals surface area contributed by atoms with Gasteiger partial charge in [0.15, 0.2) is 0 Å². The Labute approximate surface area is 164 Å². The molecule has 0 aliphatic rings. The minimum absolute atomic E-state index is 0.228. The van der Waals surface area contributed by atoms with Gasteiger partial charge in [0.25, 0.3) is 5.91 Å². The third kappa shape index (κ3) is 4.20. The second-order valence-electron chi connectivity index (χ2n) is 5.73. The summed E-state index contributed by atoms with van der Waals surface area (Å²) >= 11 is 4.93. The minimum Gasteiger partial charge on any atom is -0.311 e. The Kier molecular flexibility index (Phi) is 5.85. The number of benzene rings is 2. The predicted octanol–water partition coefficient (Wildman–Crippen LogP) is 4.72. The van der Waals surface area contributed by atoms with E-state index in [-0.39, 0.29) is 5.91 Å². The second kappa shape index (κ2) is 8.29. The molecule has 0 aliphatic carbocycles. The summed E-state index contributed by atoms with van der Waals surface area (Å²) < 4.78 is 3.05. The number of allylic oxidation sites excluding steroid dienone is 1. The maximum absolute atomic E-state index is 12.3. The molecule has 0 unspecified atom stereocenters. The van der Waals surface area contributed by atoms with E-state index in [1.165, 1.54) is 11.3 Å². The van der Waals surface area contributed by atoms with Gasteiger partial charge in [0, 0.05) is 22.0 Å². The molecule has 3 aromatic rings. The summed E-state index contributed by atoms with van der Waals surface area (Å²) in [5.74, 6) is -0.228. The van der Waals surface area contributed by atoms with E-state index in [2.05, 4.69) is 33.0 Å². The predicted molar refractivity (Wildman–Crippen MR) is 110 cm³/mol. The average Bonchev–Trinajstić information content (AvgIpc) is 3.04. The lowest BCUT2D eigenvalue weighted by molar-refractivity contribution is 0.0953. The number of thiazole rings is 1. The van der Waals surface area contributed by atoms with Gasteiger partial charge in [0.2, 0.25) is 4.80 Å². The summed E-state index contributed by atoms with van der Waals surface area (Å²) in [6.45, 7) is 6.41. The maximum atomic E-state index is 12.3. The van der Waals surface area contributed by atoms with Gasteiger partial charge in [-0.05, 0) is 36.8 Å². The Morgan fingerprint density at radius 2 is 1.92 bits per heavy atom. The Morgan fingerprint density at radius 1 is 1.23 bits per heavy atom. The van der Waals surface area contributed by atoms with Crippen molar-refractivity contribution in [2.75, 3.05) is 0 Å².